The summed E-state index contributed by atoms with van der Waals surface area (Å²) in [5.41, 5.74) is 1.86. The Morgan fingerprint density at radius 1 is 1.09 bits per heavy atom. The van der Waals surface area contributed by atoms with Crippen LogP contribution in [-0.2, 0) is 21.5 Å². The normalized spacial score (nSPS) is 13.2. The summed E-state index contributed by atoms with van der Waals surface area (Å²) in [6, 6.07) is 14.9. The molecule has 2 rings (SSSR count). The number of hydrogen-bond donors (Lipinski definition) is 1. The number of ether oxygens (including phenoxy) is 1. The molecule has 0 aliphatic rings. The highest BCUT2D eigenvalue weighted by molar-refractivity contribution is 9.10. The Kier molecular flexibility index (Phi) is 9.32. The molecular formula is C26H35BrN2O3. The monoisotopic (exact) mass is 502 g/mol. The zero-order chi connectivity index (χ0) is 23.9. The fourth-order valence-electron chi connectivity index (χ4n) is 3.31. The lowest BCUT2D eigenvalue weighted by Crippen LogP contribution is -2.50. The van der Waals surface area contributed by atoms with Crippen molar-refractivity contribution in [3.63, 3.8) is 0 Å². The third-order valence-corrected chi connectivity index (χ3v) is 5.95. The summed E-state index contributed by atoms with van der Waals surface area (Å²) in [6.45, 7) is 12.2. The number of nitrogens with one attached hydrogen (secondary N) is 1. The Bertz CT molecular complexity index is 923. The molecule has 5 nitrogen and oxygen atoms in total. The Morgan fingerprint density at radius 2 is 1.78 bits per heavy atom. The summed E-state index contributed by atoms with van der Waals surface area (Å²) < 4.78 is 6.89. The van der Waals surface area contributed by atoms with Crippen molar-refractivity contribution in [3.05, 3.63) is 64.1 Å². The Hall–Kier alpha value is -2.34. The first-order chi connectivity index (χ1) is 15.0. The van der Waals surface area contributed by atoms with Crippen LogP contribution in [0.25, 0.3) is 0 Å². The average Bonchev–Trinajstić information content (AvgIpc) is 2.74. The number of rotatable bonds is 9. The molecule has 0 aliphatic heterocycles. The van der Waals surface area contributed by atoms with E-state index < -0.39 is 6.04 Å². The van der Waals surface area contributed by atoms with Crippen molar-refractivity contribution < 1.29 is 14.3 Å². The van der Waals surface area contributed by atoms with E-state index in [1.165, 1.54) is 0 Å². The van der Waals surface area contributed by atoms with Gasteiger partial charge in [0.2, 0.25) is 5.91 Å². The van der Waals surface area contributed by atoms with E-state index in [2.05, 4.69) is 42.0 Å². The first-order valence-corrected chi connectivity index (χ1v) is 11.9. The molecule has 0 unspecified atom stereocenters. The SMILES string of the molecule is CC[C@H](C)NC(=O)[C@@H](C)N(Cc1cccc(Br)c1)C(=O)COc1ccccc1C(C)(C)C. The van der Waals surface area contributed by atoms with Gasteiger partial charge < -0.3 is 15.0 Å². The van der Waals surface area contributed by atoms with Gasteiger partial charge in [-0.25, -0.2) is 0 Å². The van der Waals surface area contributed by atoms with E-state index in [4.69, 9.17) is 4.74 Å². The molecule has 2 aromatic rings. The average molecular weight is 503 g/mol. The Labute approximate surface area is 200 Å². The van der Waals surface area contributed by atoms with Gasteiger partial charge >= 0.3 is 0 Å². The number of hydrogen-bond acceptors (Lipinski definition) is 3. The molecule has 0 saturated heterocycles. The maximum Gasteiger partial charge on any atom is 0.261 e. The summed E-state index contributed by atoms with van der Waals surface area (Å²) in [7, 11) is 0. The van der Waals surface area contributed by atoms with Crippen LogP contribution in [0, 0.1) is 0 Å². The molecule has 0 saturated carbocycles. The second-order valence-corrected chi connectivity index (χ2v) is 10.1. The zero-order valence-corrected chi connectivity index (χ0v) is 21.5. The van der Waals surface area contributed by atoms with Crippen LogP contribution < -0.4 is 10.1 Å². The van der Waals surface area contributed by atoms with Gasteiger partial charge in [-0.3, -0.25) is 9.59 Å². The van der Waals surface area contributed by atoms with Crippen molar-refractivity contribution in [2.75, 3.05) is 6.61 Å². The molecule has 2 aromatic carbocycles. The summed E-state index contributed by atoms with van der Waals surface area (Å²) in [5.74, 6) is 0.283. The Balaban J connectivity index is 2.23. The first-order valence-electron chi connectivity index (χ1n) is 11.1. The molecule has 0 bridgehead atoms. The van der Waals surface area contributed by atoms with Crippen LogP contribution >= 0.6 is 15.9 Å². The largest absolute Gasteiger partial charge is 0.483 e. The topological polar surface area (TPSA) is 58.6 Å². The minimum absolute atomic E-state index is 0.0442. The number of para-hydroxylation sites is 1. The number of benzene rings is 2. The van der Waals surface area contributed by atoms with E-state index in [0.717, 1.165) is 22.0 Å². The lowest BCUT2D eigenvalue weighted by Gasteiger charge is -2.30. The maximum absolute atomic E-state index is 13.3. The van der Waals surface area contributed by atoms with Crippen molar-refractivity contribution >= 4 is 27.7 Å². The molecule has 174 valence electrons. The van der Waals surface area contributed by atoms with Crippen LogP contribution in [0.1, 0.15) is 59.1 Å². The number of amides is 2. The van der Waals surface area contributed by atoms with Gasteiger partial charge in [-0.15, -0.1) is 0 Å². The highest BCUT2D eigenvalue weighted by Gasteiger charge is 2.28. The van der Waals surface area contributed by atoms with Gasteiger partial charge in [0.25, 0.3) is 5.91 Å². The van der Waals surface area contributed by atoms with Crippen molar-refractivity contribution in [3.8, 4) is 5.75 Å². The molecule has 0 aromatic heterocycles. The second-order valence-electron chi connectivity index (χ2n) is 9.18. The number of carbonyl (C=O) groups is 2. The van der Waals surface area contributed by atoms with E-state index in [1.54, 1.807) is 11.8 Å². The number of carbonyl (C=O) groups excluding carboxylic acids is 2. The van der Waals surface area contributed by atoms with Gasteiger partial charge in [-0.05, 0) is 55.0 Å². The molecule has 0 radical (unpaired) electrons. The van der Waals surface area contributed by atoms with Crippen LogP contribution in [0.2, 0.25) is 0 Å². The van der Waals surface area contributed by atoms with Crippen LogP contribution in [-0.4, -0.2) is 35.4 Å². The molecule has 0 fully saturated rings. The predicted molar refractivity (Wildman–Crippen MR) is 133 cm³/mol. The third-order valence-electron chi connectivity index (χ3n) is 5.46. The fraction of sp³-hybridized carbons (Fsp3) is 0.462. The number of nitrogens with zero attached hydrogens (tertiary/aromatic N) is 1. The van der Waals surface area contributed by atoms with Crippen LogP contribution in [0.5, 0.6) is 5.75 Å². The molecule has 6 heteroatoms. The standard InChI is InChI=1S/C26H35BrN2O3/c1-7-18(2)28-25(31)19(3)29(16-20-11-10-12-21(27)15-20)24(30)17-32-23-14-9-8-13-22(23)26(4,5)6/h8-15,18-19H,7,16-17H2,1-6H3,(H,28,31)/t18-,19+/m0/s1. The van der Waals surface area contributed by atoms with Crippen molar-refractivity contribution in [2.45, 2.75) is 72.0 Å². The first kappa shape index (κ1) is 25.9. The van der Waals surface area contributed by atoms with E-state index in [1.807, 2.05) is 62.4 Å². The third kappa shape index (κ3) is 7.37. The quantitative estimate of drug-likeness (QED) is 0.495. The molecule has 32 heavy (non-hydrogen) atoms. The second kappa shape index (κ2) is 11.5. The van der Waals surface area contributed by atoms with Crippen LogP contribution in [0.4, 0.5) is 0 Å². The maximum atomic E-state index is 13.3. The molecule has 0 spiro atoms. The summed E-state index contributed by atoms with van der Waals surface area (Å²) in [4.78, 5) is 27.7. The minimum Gasteiger partial charge on any atom is -0.483 e. The highest BCUT2D eigenvalue weighted by atomic mass is 79.9. The molecule has 1 N–H and O–H groups in total. The van der Waals surface area contributed by atoms with E-state index in [0.29, 0.717) is 12.3 Å². The van der Waals surface area contributed by atoms with Gasteiger partial charge in [-0.2, -0.15) is 0 Å². The molecule has 2 atom stereocenters. The van der Waals surface area contributed by atoms with Crippen molar-refractivity contribution in [1.29, 1.82) is 0 Å². The van der Waals surface area contributed by atoms with Gasteiger partial charge in [0.05, 0.1) is 0 Å². The Morgan fingerprint density at radius 3 is 2.41 bits per heavy atom. The van der Waals surface area contributed by atoms with Gasteiger partial charge in [0, 0.05) is 17.1 Å². The van der Waals surface area contributed by atoms with Gasteiger partial charge in [0.15, 0.2) is 6.61 Å². The van der Waals surface area contributed by atoms with E-state index in [-0.39, 0.29) is 29.9 Å². The minimum atomic E-state index is -0.628. The predicted octanol–water partition coefficient (Wildman–Crippen LogP) is 5.46. The van der Waals surface area contributed by atoms with E-state index >= 15 is 0 Å². The molecule has 2 amide bonds. The summed E-state index contributed by atoms with van der Waals surface area (Å²) >= 11 is 3.48. The fourth-order valence-corrected chi connectivity index (χ4v) is 3.76. The lowest BCUT2D eigenvalue weighted by atomic mass is 9.86. The summed E-state index contributed by atoms with van der Waals surface area (Å²) in [5, 5.41) is 2.98. The molecule has 0 heterocycles. The molecule has 0 aliphatic carbocycles. The van der Waals surface area contributed by atoms with Crippen molar-refractivity contribution in [1.82, 2.24) is 10.2 Å². The van der Waals surface area contributed by atoms with E-state index in [9.17, 15) is 9.59 Å². The van der Waals surface area contributed by atoms with Crippen molar-refractivity contribution in [2.24, 2.45) is 0 Å². The zero-order valence-electron chi connectivity index (χ0n) is 19.9. The van der Waals surface area contributed by atoms with Gasteiger partial charge in [-0.1, -0.05) is 74.0 Å². The smallest absolute Gasteiger partial charge is 0.261 e. The van der Waals surface area contributed by atoms with Crippen LogP contribution in [0.3, 0.4) is 0 Å². The number of halogens is 1. The van der Waals surface area contributed by atoms with Gasteiger partial charge in [0.1, 0.15) is 11.8 Å². The highest BCUT2D eigenvalue weighted by Crippen LogP contribution is 2.31. The molecular weight excluding hydrogens is 468 g/mol. The van der Waals surface area contributed by atoms with Crippen LogP contribution in [0.15, 0.2) is 53.0 Å². The lowest BCUT2D eigenvalue weighted by molar-refractivity contribution is -0.142. The summed E-state index contributed by atoms with van der Waals surface area (Å²) in [6.07, 6.45) is 0.824.